The van der Waals surface area contributed by atoms with E-state index in [1.54, 1.807) is 0 Å². The van der Waals surface area contributed by atoms with Gasteiger partial charge in [0, 0.05) is 54.5 Å². The molecule has 3 fully saturated rings. The molecule has 1 amide bonds. The van der Waals surface area contributed by atoms with Gasteiger partial charge in [-0.3, -0.25) is 14.4 Å². The zero-order valence-corrected chi connectivity index (χ0v) is 20.1. The highest BCUT2D eigenvalue weighted by Gasteiger charge is 2.34. The molecular weight excluding hydrogens is 434 g/mol. The molecular formula is C25H33N5O2S. The van der Waals surface area contributed by atoms with Crippen molar-refractivity contribution in [3.8, 4) is 11.3 Å². The summed E-state index contributed by atoms with van der Waals surface area (Å²) in [6.07, 6.45) is 3.65. The number of thioether (sulfide) groups is 1. The second-order valence-corrected chi connectivity index (χ2v) is 10.6. The number of nitrogens with zero attached hydrogens (tertiary/aromatic N) is 5. The minimum Gasteiger partial charge on any atom is -0.378 e. The lowest BCUT2D eigenvalue weighted by Crippen LogP contribution is -2.45. The van der Waals surface area contributed by atoms with E-state index in [2.05, 4.69) is 38.7 Å². The van der Waals surface area contributed by atoms with Crippen molar-refractivity contribution in [1.29, 1.82) is 0 Å². The number of fused-ring (bicyclic) bond motifs is 3. The number of amides is 1. The van der Waals surface area contributed by atoms with Gasteiger partial charge in [0.1, 0.15) is 0 Å². The third-order valence-corrected chi connectivity index (χ3v) is 8.63. The second-order valence-electron chi connectivity index (χ2n) is 9.60. The number of ether oxygens (including phenoxy) is 1. The second kappa shape index (κ2) is 9.41. The molecule has 0 radical (unpaired) electrons. The van der Waals surface area contributed by atoms with Gasteiger partial charge >= 0.3 is 0 Å². The van der Waals surface area contributed by atoms with Crippen LogP contribution in [-0.4, -0.2) is 96.0 Å². The van der Waals surface area contributed by atoms with Gasteiger partial charge in [-0.15, -0.1) is 11.8 Å². The number of carbonyl (C=O) groups is 1. The number of hydrogen-bond donors (Lipinski definition) is 0. The minimum absolute atomic E-state index is 0.0683. The van der Waals surface area contributed by atoms with E-state index in [4.69, 9.17) is 9.84 Å². The number of likely N-dealkylation sites (tertiary alicyclic amines) is 2. The van der Waals surface area contributed by atoms with Crippen molar-refractivity contribution in [3.63, 3.8) is 0 Å². The molecule has 6 rings (SSSR count). The van der Waals surface area contributed by atoms with Crippen LogP contribution in [0.5, 0.6) is 0 Å². The van der Waals surface area contributed by atoms with Gasteiger partial charge in [0.2, 0.25) is 0 Å². The van der Waals surface area contributed by atoms with Crippen molar-refractivity contribution < 1.29 is 9.53 Å². The summed E-state index contributed by atoms with van der Waals surface area (Å²) in [4.78, 5) is 21.9. The van der Waals surface area contributed by atoms with E-state index in [-0.39, 0.29) is 5.91 Å². The van der Waals surface area contributed by atoms with Gasteiger partial charge in [0.05, 0.1) is 24.9 Å². The third-order valence-electron chi connectivity index (χ3n) is 7.53. The number of aromatic nitrogens is 2. The predicted molar refractivity (Wildman–Crippen MR) is 130 cm³/mol. The Kier molecular flexibility index (Phi) is 6.17. The van der Waals surface area contributed by atoms with Crippen LogP contribution in [-0.2, 0) is 10.5 Å². The van der Waals surface area contributed by atoms with E-state index in [9.17, 15) is 4.79 Å². The number of benzene rings is 1. The molecule has 33 heavy (non-hydrogen) atoms. The lowest BCUT2D eigenvalue weighted by atomic mass is 10.0. The molecule has 0 spiro atoms. The molecule has 3 saturated heterocycles. The lowest BCUT2D eigenvalue weighted by Gasteiger charge is -2.37. The summed E-state index contributed by atoms with van der Waals surface area (Å²) in [6.45, 7) is 9.52. The van der Waals surface area contributed by atoms with Gasteiger partial charge in [0.25, 0.3) is 5.91 Å². The highest BCUT2D eigenvalue weighted by molar-refractivity contribution is 7.98. The van der Waals surface area contributed by atoms with Gasteiger partial charge in [-0.2, -0.15) is 5.10 Å². The topological polar surface area (TPSA) is 53.8 Å². The summed E-state index contributed by atoms with van der Waals surface area (Å²) in [5, 5.41) is 5.08. The number of carbonyl (C=O) groups excluding carboxylic acids is 1. The molecule has 1 atom stereocenters. The van der Waals surface area contributed by atoms with E-state index in [0.717, 1.165) is 30.8 Å². The monoisotopic (exact) mass is 467 g/mol. The van der Waals surface area contributed by atoms with E-state index < -0.39 is 0 Å². The Labute approximate surface area is 200 Å². The zero-order chi connectivity index (χ0) is 22.2. The average Bonchev–Trinajstić information content (AvgIpc) is 3.24. The fourth-order valence-corrected chi connectivity index (χ4v) is 6.57. The van der Waals surface area contributed by atoms with Crippen LogP contribution in [0.3, 0.4) is 0 Å². The molecule has 4 aliphatic rings. The molecule has 0 bridgehead atoms. The third kappa shape index (κ3) is 4.22. The first kappa shape index (κ1) is 21.6. The zero-order valence-electron chi connectivity index (χ0n) is 19.2. The molecule has 2 aromatic rings. The van der Waals surface area contributed by atoms with Gasteiger partial charge in [0.15, 0.2) is 5.69 Å². The fraction of sp³-hybridized carbons (Fsp3) is 0.600. The smallest absolute Gasteiger partial charge is 0.274 e. The summed E-state index contributed by atoms with van der Waals surface area (Å²) >= 11 is 1.83. The molecule has 1 unspecified atom stereocenters. The Morgan fingerprint density at radius 3 is 2.64 bits per heavy atom. The van der Waals surface area contributed by atoms with E-state index in [1.165, 1.54) is 55.2 Å². The Morgan fingerprint density at radius 2 is 1.82 bits per heavy atom. The molecule has 0 N–H and O–H groups in total. The molecule has 0 saturated carbocycles. The Morgan fingerprint density at radius 1 is 1.03 bits per heavy atom. The summed E-state index contributed by atoms with van der Waals surface area (Å²) in [7, 11) is 0. The quantitative estimate of drug-likeness (QED) is 0.674. The normalized spacial score (nSPS) is 23.6. The summed E-state index contributed by atoms with van der Waals surface area (Å²) in [6, 6.07) is 8.92. The largest absolute Gasteiger partial charge is 0.378 e. The van der Waals surface area contributed by atoms with Crippen LogP contribution in [0.2, 0.25) is 0 Å². The molecule has 4 aliphatic heterocycles. The van der Waals surface area contributed by atoms with Crippen LogP contribution in [0, 0.1) is 0 Å². The summed E-state index contributed by atoms with van der Waals surface area (Å²) in [5.41, 5.74) is 4.19. The lowest BCUT2D eigenvalue weighted by molar-refractivity contribution is 0.0297. The average molecular weight is 468 g/mol. The van der Waals surface area contributed by atoms with Gasteiger partial charge in [-0.25, -0.2) is 0 Å². The van der Waals surface area contributed by atoms with E-state index in [1.807, 2.05) is 16.7 Å². The van der Waals surface area contributed by atoms with Gasteiger partial charge in [-0.1, -0.05) is 18.2 Å². The van der Waals surface area contributed by atoms with Crippen LogP contribution in [0.15, 0.2) is 29.2 Å². The number of hydrogen-bond acceptors (Lipinski definition) is 6. The molecule has 1 aromatic carbocycles. The molecule has 7 nitrogen and oxygen atoms in total. The first-order valence-electron chi connectivity index (χ1n) is 12.4. The minimum atomic E-state index is 0.0683. The van der Waals surface area contributed by atoms with Crippen LogP contribution < -0.4 is 0 Å². The van der Waals surface area contributed by atoms with Crippen LogP contribution in [0.4, 0.5) is 0 Å². The van der Waals surface area contributed by atoms with Crippen LogP contribution in [0.1, 0.15) is 41.4 Å². The van der Waals surface area contributed by atoms with E-state index in [0.29, 0.717) is 38.0 Å². The Hall–Kier alpha value is -1.87. The molecule has 5 heterocycles. The van der Waals surface area contributed by atoms with Gasteiger partial charge < -0.3 is 14.5 Å². The molecule has 1 aromatic heterocycles. The number of piperidine rings is 1. The maximum absolute atomic E-state index is 13.5. The maximum Gasteiger partial charge on any atom is 0.274 e. The number of rotatable bonds is 5. The van der Waals surface area contributed by atoms with Gasteiger partial charge in [-0.05, 0) is 45.0 Å². The standard InChI is InChI=1S/C25H33N5O2S/c31-25(29-13-15-32-16-14-29)23-21-18-33-22-7-2-1-6-20(22)24(21)30(26-23)19-5-3-8-28(17-19)12-11-27-9-4-10-27/h1-2,6-7,19H,3-5,8-18H2. The maximum atomic E-state index is 13.5. The summed E-state index contributed by atoms with van der Waals surface area (Å²) < 4.78 is 7.71. The number of morpholine rings is 1. The first-order valence-corrected chi connectivity index (χ1v) is 13.4. The van der Waals surface area contributed by atoms with Crippen LogP contribution in [0.25, 0.3) is 11.3 Å². The molecule has 8 heteroatoms. The fourth-order valence-electron chi connectivity index (χ4n) is 5.50. The first-order chi connectivity index (χ1) is 16.3. The molecule has 176 valence electrons. The van der Waals surface area contributed by atoms with Crippen molar-refractivity contribution in [2.24, 2.45) is 0 Å². The van der Waals surface area contributed by atoms with Crippen molar-refractivity contribution in [3.05, 3.63) is 35.5 Å². The Balaban J connectivity index is 1.32. The predicted octanol–water partition coefficient (Wildman–Crippen LogP) is 2.97. The van der Waals surface area contributed by atoms with Crippen molar-refractivity contribution in [2.45, 2.75) is 36.0 Å². The Bertz CT molecular complexity index is 1010. The highest BCUT2D eigenvalue weighted by Crippen LogP contribution is 2.44. The summed E-state index contributed by atoms with van der Waals surface area (Å²) in [5.74, 6) is 0.877. The van der Waals surface area contributed by atoms with E-state index >= 15 is 0 Å². The molecule has 0 aliphatic carbocycles. The highest BCUT2D eigenvalue weighted by atomic mass is 32.2. The van der Waals surface area contributed by atoms with Crippen molar-refractivity contribution >= 4 is 17.7 Å². The SMILES string of the molecule is O=C(c1nn(C2CCCN(CCN3CCC3)C2)c2c1CSc1ccccc1-2)N1CCOCC1. The van der Waals surface area contributed by atoms with Crippen molar-refractivity contribution in [1.82, 2.24) is 24.5 Å². The van der Waals surface area contributed by atoms with Crippen LogP contribution >= 0.6 is 11.8 Å². The van der Waals surface area contributed by atoms with Crippen molar-refractivity contribution in [2.75, 3.05) is 65.6 Å².